The molecule has 0 aromatic carbocycles. The number of carbonyl (C=O) groups is 1. The molecule has 3 heterocycles. The standard InChI is InChI=1S/C19H26N4O2/c1-15-5-6-16(2)23(15)13-12-21-8-10-22(11-9-21)14-18-17(19(24)25)4-3-7-20-18/h3-7H,8-14H2,1-2H3,(H,24,25). The minimum absolute atomic E-state index is 0.309. The number of nitrogens with zero attached hydrogens (tertiary/aromatic N) is 4. The Bertz CT molecular complexity index is 713. The fourth-order valence-corrected chi connectivity index (χ4v) is 3.43. The number of aryl methyl sites for hydroxylation is 2. The molecule has 134 valence electrons. The van der Waals surface area contributed by atoms with Crippen molar-refractivity contribution in [3.63, 3.8) is 0 Å². The summed E-state index contributed by atoms with van der Waals surface area (Å²) in [6.45, 7) is 10.9. The third kappa shape index (κ3) is 4.27. The predicted molar refractivity (Wildman–Crippen MR) is 96.8 cm³/mol. The summed E-state index contributed by atoms with van der Waals surface area (Å²) in [6, 6.07) is 7.64. The molecule has 6 nitrogen and oxygen atoms in total. The molecule has 1 aliphatic rings. The molecular formula is C19H26N4O2. The SMILES string of the molecule is Cc1ccc(C)n1CCN1CCN(Cc2ncccc2C(=O)O)CC1. The molecule has 1 N–H and O–H groups in total. The molecule has 2 aromatic heterocycles. The highest BCUT2D eigenvalue weighted by Gasteiger charge is 2.19. The molecule has 3 rings (SSSR count). The van der Waals surface area contributed by atoms with E-state index in [-0.39, 0.29) is 0 Å². The van der Waals surface area contributed by atoms with Crippen LogP contribution < -0.4 is 0 Å². The van der Waals surface area contributed by atoms with Gasteiger partial charge in [-0.1, -0.05) is 0 Å². The number of hydrogen-bond acceptors (Lipinski definition) is 4. The number of aromatic carboxylic acids is 1. The Hall–Kier alpha value is -2.18. The zero-order chi connectivity index (χ0) is 17.8. The minimum atomic E-state index is -0.904. The van der Waals surface area contributed by atoms with Crippen molar-refractivity contribution in [2.75, 3.05) is 32.7 Å². The van der Waals surface area contributed by atoms with Crippen LogP contribution in [0.25, 0.3) is 0 Å². The van der Waals surface area contributed by atoms with Gasteiger partial charge in [0.15, 0.2) is 0 Å². The molecule has 0 unspecified atom stereocenters. The predicted octanol–water partition coefficient (Wildman–Crippen LogP) is 2.02. The lowest BCUT2D eigenvalue weighted by Gasteiger charge is -2.34. The van der Waals surface area contributed by atoms with Crippen molar-refractivity contribution in [2.24, 2.45) is 0 Å². The van der Waals surface area contributed by atoms with Crippen LogP contribution in [0.2, 0.25) is 0 Å². The first kappa shape index (κ1) is 17.6. The fourth-order valence-electron chi connectivity index (χ4n) is 3.43. The maximum Gasteiger partial charge on any atom is 0.337 e. The lowest BCUT2D eigenvalue weighted by molar-refractivity contribution is 0.0691. The van der Waals surface area contributed by atoms with Crippen molar-refractivity contribution < 1.29 is 9.90 Å². The Morgan fingerprint density at radius 1 is 1.04 bits per heavy atom. The van der Waals surface area contributed by atoms with Crippen LogP contribution in [-0.4, -0.2) is 63.2 Å². The van der Waals surface area contributed by atoms with Gasteiger partial charge in [-0.05, 0) is 38.1 Å². The molecule has 0 atom stereocenters. The molecule has 25 heavy (non-hydrogen) atoms. The number of rotatable bonds is 6. The number of pyridine rings is 1. The van der Waals surface area contributed by atoms with Crippen LogP contribution in [0, 0.1) is 13.8 Å². The zero-order valence-corrected chi connectivity index (χ0v) is 15.0. The van der Waals surface area contributed by atoms with E-state index in [1.807, 2.05) is 0 Å². The summed E-state index contributed by atoms with van der Waals surface area (Å²) in [5, 5.41) is 9.27. The average molecular weight is 342 g/mol. The number of piperazine rings is 1. The van der Waals surface area contributed by atoms with E-state index in [2.05, 4.69) is 45.3 Å². The summed E-state index contributed by atoms with van der Waals surface area (Å²) < 4.78 is 2.36. The summed E-state index contributed by atoms with van der Waals surface area (Å²) in [5.74, 6) is -0.904. The maximum atomic E-state index is 11.3. The molecule has 0 amide bonds. The van der Waals surface area contributed by atoms with E-state index in [1.165, 1.54) is 11.4 Å². The van der Waals surface area contributed by atoms with Crippen molar-refractivity contribution in [2.45, 2.75) is 26.9 Å². The molecule has 0 aliphatic carbocycles. The molecule has 0 radical (unpaired) electrons. The highest BCUT2D eigenvalue weighted by molar-refractivity contribution is 5.88. The van der Waals surface area contributed by atoms with Crippen LogP contribution in [0.15, 0.2) is 30.5 Å². The third-order valence-electron chi connectivity index (χ3n) is 5.02. The molecule has 1 aliphatic heterocycles. The molecule has 0 spiro atoms. The van der Waals surface area contributed by atoms with Crippen LogP contribution in [0.4, 0.5) is 0 Å². The normalized spacial score (nSPS) is 16.2. The molecule has 0 saturated carbocycles. The third-order valence-corrected chi connectivity index (χ3v) is 5.02. The highest BCUT2D eigenvalue weighted by Crippen LogP contribution is 2.12. The van der Waals surface area contributed by atoms with Gasteiger partial charge in [0.05, 0.1) is 11.3 Å². The largest absolute Gasteiger partial charge is 0.478 e. The van der Waals surface area contributed by atoms with E-state index in [9.17, 15) is 9.90 Å². The Kier molecular flexibility index (Phi) is 5.50. The second-order valence-electron chi connectivity index (χ2n) is 6.69. The van der Waals surface area contributed by atoms with E-state index in [4.69, 9.17) is 0 Å². The van der Waals surface area contributed by atoms with Crippen LogP contribution in [0.1, 0.15) is 27.4 Å². The van der Waals surface area contributed by atoms with E-state index < -0.39 is 5.97 Å². The van der Waals surface area contributed by atoms with Crippen molar-refractivity contribution in [1.29, 1.82) is 0 Å². The molecule has 1 fully saturated rings. The first-order chi connectivity index (χ1) is 12.0. The summed E-state index contributed by atoms with van der Waals surface area (Å²) in [6.07, 6.45) is 1.67. The van der Waals surface area contributed by atoms with Gasteiger partial charge >= 0.3 is 5.97 Å². The molecule has 6 heteroatoms. The van der Waals surface area contributed by atoms with Crippen LogP contribution in [-0.2, 0) is 13.1 Å². The fraction of sp³-hybridized carbons (Fsp3) is 0.474. The summed E-state index contributed by atoms with van der Waals surface area (Å²) in [4.78, 5) is 20.3. The average Bonchev–Trinajstić information content (AvgIpc) is 2.93. The van der Waals surface area contributed by atoms with Gasteiger partial charge in [0.2, 0.25) is 0 Å². The van der Waals surface area contributed by atoms with E-state index in [0.29, 0.717) is 17.8 Å². The van der Waals surface area contributed by atoms with Gasteiger partial charge in [0.25, 0.3) is 0 Å². The smallest absolute Gasteiger partial charge is 0.337 e. The van der Waals surface area contributed by atoms with Crippen LogP contribution in [0.3, 0.4) is 0 Å². The molecule has 1 saturated heterocycles. The van der Waals surface area contributed by atoms with Crippen molar-refractivity contribution in [1.82, 2.24) is 19.4 Å². The molecule has 2 aromatic rings. The van der Waals surface area contributed by atoms with Gasteiger partial charge in [-0.25, -0.2) is 4.79 Å². The van der Waals surface area contributed by atoms with E-state index >= 15 is 0 Å². The first-order valence-corrected chi connectivity index (χ1v) is 8.79. The van der Waals surface area contributed by atoms with Crippen molar-refractivity contribution >= 4 is 5.97 Å². The Morgan fingerprint density at radius 2 is 1.68 bits per heavy atom. The molecule has 0 bridgehead atoms. The highest BCUT2D eigenvalue weighted by atomic mass is 16.4. The van der Waals surface area contributed by atoms with Gasteiger partial charge < -0.3 is 9.67 Å². The Morgan fingerprint density at radius 3 is 2.32 bits per heavy atom. The monoisotopic (exact) mass is 342 g/mol. The van der Waals surface area contributed by atoms with Crippen molar-refractivity contribution in [3.05, 3.63) is 53.1 Å². The van der Waals surface area contributed by atoms with Crippen molar-refractivity contribution in [3.8, 4) is 0 Å². The summed E-state index contributed by atoms with van der Waals surface area (Å²) >= 11 is 0. The lowest BCUT2D eigenvalue weighted by Crippen LogP contribution is -2.47. The number of carboxylic acids is 1. The van der Waals surface area contributed by atoms with Crippen LogP contribution >= 0.6 is 0 Å². The Labute approximate surface area is 148 Å². The summed E-state index contributed by atoms with van der Waals surface area (Å²) in [5.41, 5.74) is 3.59. The van der Waals surface area contributed by atoms with Gasteiger partial charge in [-0.3, -0.25) is 14.8 Å². The second-order valence-corrected chi connectivity index (χ2v) is 6.69. The van der Waals surface area contributed by atoms with Gasteiger partial charge in [-0.15, -0.1) is 0 Å². The van der Waals surface area contributed by atoms with Gasteiger partial charge in [0, 0.05) is 63.4 Å². The summed E-state index contributed by atoms with van der Waals surface area (Å²) in [7, 11) is 0. The molecular weight excluding hydrogens is 316 g/mol. The quantitative estimate of drug-likeness (QED) is 0.870. The first-order valence-electron chi connectivity index (χ1n) is 8.79. The van der Waals surface area contributed by atoms with E-state index in [0.717, 1.165) is 39.3 Å². The zero-order valence-electron chi connectivity index (χ0n) is 15.0. The number of hydrogen-bond donors (Lipinski definition) is 1. The topological polar surface area (TPSA) is 61.6 Å². The number of carboxylic acid groups (broad SMARTS) is 1. The van der Waals surface area contributed by atoms with Gasteiger partial charge in [-0.2, -0.15) is 0 Å². The van der Waals surface area contributed by atoms with Gasteiger partial charge in [0.1, 0.15) is 0 Å². The maximum absolute atomic E-state index is 11.3. The minimum Gasteiger partial charge on any atom is -0.478 e. The van der Waals surface area contributed by atoms with Crippen LogP contribution in [0.5, 0.6) is 0 Å². The lowest BCUT2D eigenvalue weighted by atomic mass is 10.1. The van der Waals surface area contributed by atoms with E-state index in [1.54, 1.807) is 18.3 Å². The number of aromatic nitrogens is 2. The Balaban J connectivity index is 1.50. The second kappa shape index (κ2) is 7.80.